The molecule has 0 aliphatic heterocycles. The van der Waals surface area contributed by atoms with Crippen molar-refractivity contribution in [2.75, 3.05) is 14.2 Å². The van der Waals surface area contributed by atoms with Crippen molar-refractivity contribution in [3.8, 4) is 11.5 Å². The normalized spacial score (nSPS) is 10.0. The summed E-state index contributed by atoms with van der Waals surface area (Å²) in [6.45, 7) is 0. The molecule has 0 bridgehead atoms. The van der Waals surface area contributed by atoms with Gasteiger partial charge in [0.25, 0.3) is 0 Å². The van der Waals surface area contributed by atoms with Crippen LogP contribution in [0.4, 0.5) is 0 Å². The van der Waals surface area contributed by atoms with Crippen molar-refractivity contribution in [1.29, 1.82) is 0 Å². The second-order valence-electron chi connectivity index (χ2n) is 3.15. The van der Waals surface area contributed by atoms with Gasteiger partial charge in [-0.05, 0) is 36.0 Å². The largest absolute Gasteiger partial charge is 0.497 e. The lowest BCUT2D eigenvalue weighted by Gasteiger charge is -2.08. The van der Waals surface area contributed by atoms with Crippen molar-refractivity contribution in [3.63, 3.8) is 0 Å². The monoisotopic (exact) mass is 248 g/mol. The van der Waals surface area contributed by atoms with Crippen LogP contribution in [0.3, 0.4) is 0 Å². The van der Waals surface area contributed by atoms with Crippen LogP contribution >= 0.6 is 11.8 Å². The van der Waals surface area contributed by atoms with Gasteiger partial charge in [0.2, 0.25) is 0 Å². The number of rotatable bonds is 4. The minimum Gasteiger partial charge on any atom is -0.497 e. The summed E-state index contributed by atoms with van der Waals surface area (Å²) in [6, 6.07) is 7.41. The van der Waals surface area contributed by atoms with E-state index in [4.69, 9.17) is 9.47 Å². The zero-order valence-electron chi connectivity index (χ0n) is 9.58. The van der Waals surface area contributed by atoms with Gasteiger partial charge in [-0.1, -0.05) is 0 Å². The van der Waals surface area contributed by atoms with E-state index < -0.39 is 0 Å². The SMILES string of the molecule is COc1ccc(OC)c(Sc2ncccn2)c1. The maximum absolute atomic E-state index is 5.29. The zero-order chi connectivity index (χ0) is 12.1. The quantitative estimate of drug-likeness (QED) is 0.778. The van der Waals surface area contributed by atoms with E-state index >= 15 is 0 Å². The highest BCUT2D eigenvalue weighted by molar-refractivity contribution is 7.99. The van der Waals surface area contributed by atoms with Crippen LogP contribution in [-0.4, -0.2) is 24.2 Å². The molecule has 0 radical (unpaired) electrons. The Labute approximate surface area is 104 Å². The summed E-state index contributed by atoms with van der Waals surface area (Å²) in [4.78, 5) is 9.25. The van der Waals surface area contributed by atoms with Crippen LogP contribution in [0.2, 0.25) is 0 Å². The van der Waals surface area contributed by atoms with Crippen LogP contribution in [0.5, 0.6) is 11.5 Å². The fraction of sp³-hybridized carbons (Fsp3) is 0.167. The molecule has 0 saturated carbocycles. The average Bonchev–Trinajstić information content (AvgIpc) is 2.40. The smallest absolute Gasteiger partial charge is 0.192 e. The molecule has 0 aliphatic rings. The molecule has 0 saturated heterocycles. The molecule has 1 aromatic carbocycles. The van der Waals surface area contributed by atoms with Gasteiger partial charge in [0.1, 0.15) is 11.5 Å². The molecule has 88 valence electrons. The first-order chi connectivity index (χ1) is 8.33. The van der Waals surface area contributed by atoms with Gasteiger partial charge in [-0.2, -0.15) is 0 Å². The van der Waals surface area contributed by atoms with Crippen LogP contribution in [0.1, 0.15) is 0 Å². The van der Waals surface area contributed by atoms with E-state index in [1.165, 1.54) is 11.8 Å². The lowest BCUT2D eigenvalue weighted by atomic mass is 10.3. The molecule has 0 amide bonds. The van der Waals surface area contributed by atoms with E-state index in [9.17, 15) is 0 Å². The van der Waals surface area contributed by atoms with E-state index in [1.54, 1.807) is 32.7 Å². The second-order valence-corrected chi connectivity index (χ2v) is 4.16. The first-order valence-electron chi connectivity index (χ1n) is 5.00. The van der Waals surface area contributed by atoms with Crippen LogP contribution in [0.25, 0.3) is 0 Å². The second kappa shape index (κ2) is 5.54. The molecule has 2 rings (SSSR count). The van der Waals surface area contributed by atoms with Crippen molar-refractivity contribution in [3.05, 3.63) is 36.7 Å². The molecule has 5 heteroatoms. The highest BCUT2D eigenvalue weighted by Crippen LogP contribution is 2.35. The maximum atomic E-state index is 5.29. The molecule has 0 spiro atoms. The van der Waals surface area contributed by atoms with Gasteiger partial charge in [-0.3, -0.25) is 0 Å². The fourth-order valence-electron chi connectivity index (χ4n) is 1.30. The molecule has 0 fully saturated rings. The molecule has 0 atom stereocenters. The summed E-state index contributed by atoms with van der Waals surface area (Å²) in [5.74, 6) is 1.56. The van der Waals surface area contributed by atoms with E-state index in [-0.39, 0.29) is 0 Å². The molecule has 4 nitrogen and oxygen atoms in total. The van der Waals surface area contributed by atoms with Crippen molar-refractivity contribution >= 4 is 11.8 Å². The summed E-state index contributed by atoms with van der Waals surface area (Å²) < 4.78 is 10.5. The lowest BCUT2D eigenvalue weighted by Crippen LogP contribution is -1.90. The Hall–Kier alpha value is -1.75. The Bertz CT molecular complexity index is 491. The van der Waals surface area contributed by atoms with Gasteiger partial charge in [0.15, 0.2) is 5.16 Å². The highest BCUT2D eigenvalue weighted by Gasteiger charge is 2.08. The van der Waals surface area contributed by atoms with Crippen LogP contribution in [0.15, 0.2) is 46.7 Å². The number of methoxy groups -OCH3 is 2. The molecule has 0 aliphatic carbocycles. The molecule has 0 unspecified atom stereocenters. The topological polar surface area (TPSA) is 44.2 Å². The minimum atomic E-state index is 0.680. The van der Waals surface area contributed by atoms with Gasteiger partial charge in [0.05, 0.1) is 19.1 Å². The molecular weight excluding hydrogens is 236 g/mol. The number of benzene rings is 1. The summed E-state index contributed by atoms with van der Waals surface area (Å²) in [6.07, 6.45) is 3.42. The summed E-state index contributed by atoms with van der Waals surface area (Å²) in [5, 5.41) is 0.680. The Morgan fingerprint density at radius 1 is 1.06 bits per heavy atom. The van der Waals surface area contributed by atoms with Gasteiger partial charge < -0.3 is 9.47 Å². The third kappa shape index (κ3) is 2.88. The minimum absolute atomic E-state index is 0.680. The molecule has 1 aromatic heterocycles. The Morgan fingerprint density at radius 2 is 1.82 bits per heavy atom. The number of ether oxygens (including phenoxy) is 2. The van der Waals surface area contributed by atoms with Gasteiger partial charge in [-0.25, -0.2) is 9.97 Å². The molecule has 0 N–H and O–H groups in total. The van der Waals surface area contributed by atoms with E-state index in [1.807, 2.05) is 18.2 Å². The molecule has 17 heavy (non-hydrogen) atoms. The average molecular weight is 248 g/mol. The van der Waals surface area contributed by atoms with Crippen molar-refractivity contribution in [2.24, 2.45) is 0 Å². The molecule has 1 heterocycles. The standard InChI is InChI=1S/C12H12N2O2S/c1-15-9-4-5-10(16-2)11(8-9)17-12-13-6-3-7-14-12/h3-8H,1-2H3. The predicted molar refractivity (Wildman–Crippen MR) is 65.7 cm³/mol. The number of nitrogens with zero attached hydrogens (tertiary/aromatic N) is 2. The summed E-state index contributed by atoms with van der Waals surface area (Å²) in [5.41, 5.74) is 0. The first kappa shape index (κ1) is 11.7. The Balaban J connectivity index is 2.30. The highest BCUT2D eigenvalue weighted by atomic mass is 32.2. The maximum Gasteiger partial charge on any atom is 0.192 e. The first-order valence-corrected chi connectivity index (χ1v) is 5.82. The number of hydrogen-bond acceptors (Lipinski definition) is 5. The van der Waals surface area contributed by atoms with Crippen molar-refractivity contribution in [1.82, 2.24) is 9.97 Å². The van der Waals surface area contributed by atoms with Crippen molar-refractivity contribution < 1.29 is 9.47 Å². The Kier molecular flexibility index (Phi) is 3.82. The van der Waals surface area contributed by atoms with E-state index in [0.717, 1.165) is 16.4 Å². The summed E-state index contributed by atoms with van der Waals surface area (Å²) in [7, 11) is 3.27. The van der Waals surface area contributed by atoms with Crippen molar-refractivity contribution in [2.45, 2.75) is 10.1 Å². The van der Waals surface area contributed by atoms with E-state index in [2.05, 4.69) is 9.97 Å². The third-order valence-corrected chi connectivity index (χ3v) is 3.05. The fourth-order valence-corrected chi connectivity index (χ4v) is 2.15. The van der Waals surface area contributed by atoms with E-state index in [0.29, 0.717) is 5.16 Å². The Morgan fingerprint density at radius 3 is 2.47 bits per heavy atom. The number of aromatic nitrogens is 2. The van der Waals surface area contributed by atoms with Crippen LogP contribution < -0.4 is 9.47 Å². The molecular formula is C12H12N2O2S. The van der Waals surface area contributed by atoms with Crippen LogP contribution in [0, 0.1) is 0 Å². The lowest BCUT2D eigenvalue weighted by molar-refractivity contribution is 0.394. The zero-order valence-corrected chi connectivity index (χ0v) is 10.4. The molecule has 2 aromatic rings. The number of hydrogen-bond donors (Lipinski definition) is 0. The third-order valence-electron chi connectivity index (χ3n) is 2.11. The van der Waals surface area contributed by atoms with Crippen LogP contribution in [-0.2, 0) is 0 Å². The van der Waals surface area contributed by atoms with Gasteiger partial charge >= 0.3 is 0 Å². The van der Waals surface area contributed by atoms with Gasteiger partial charge in [-0.15, -0.1) is 0 Å². The van der Waals surface area contributed by atoms with Gasteiger partial charge in [0, 0.05) is 12.4 Å². The predicted octanol–water partition coefficient (Wildman–Crippen LogP) is 2.65. The summed E-state index contributed by atoms with van der Waals surface area (Å²) >= 11 is 1.44.